The molecule has 0 bridgehead atoms. The molecule has 0 fully saturated rings. The molecule has 0 unspecified atom stereocenters. The van der Waals surface area contributed by atoms with E-state index >= 15 is 0 Å². The van der Waals surface area contributed by atoms with Gasteiger partial charge in [-0.2, -0.15) is 0 Å². The monoisotopic (exact) mass is 616 g/mol. The third-order valence-electron chi connectivity index (χ3n) is 0.549. The van der Waals surface area contributed by atoms with Gasteiger partial charge in [0.05, 0.1) is 0 Å². The van der Waals surface area contributed by atoms with Crippen LogP contribution in [-0.2, 0) is 28.8 Å². The molecule has 0 heterocycles. The van der Waals surface area contributed by atoms with Gasteiger partial charge in [-0.05, 0) is 0 Å². The summed E-state index contributed by atoms with van der Waals surface area (Å²) >= 11 is 0. The van der Waals surface area contributed by atoms with Gasteiger partial charge in [0, 0.05) is 76.3 Å². The predicted molar refractivity (Wildman–Crippen MR) is 49.4 cm³/mol. The molecule has 0 atom stereocenters. The Morgan fingerprint density at radius 3 is 0.429 bits per heavy atom. The van der Waals surface area contributed by atoms with Gasteiger partial charge in [-0.25, -0.2) is 28.8 Å². The fourth-order valence-electron chi connectivity index (χ4n) is 0. The molecule has 0 amide bonds. The van der Waals surface area contributed by atoms with Gasteiger partial charge in [0.15, 0.2) is 0 Å². The Hall–Kier alpha value is -0.675. The molecular formula is C6H8Dy2O13. The zero-order valence-electron chi connectivity index (χ0n) is 9.27. The van der Waals surface area contributed by atoms with Gasteiger partial charge in [0.25, 0.3) is 0 Å². The van der Waals surface area contributed by atoms with Gasteiger partial charge in [-0.1, -0.05) is 0 Å². The summed E-state index contributed by atoms with van der Waals surface area (Å²) in [6.07, 6.45) is 0. The fourth-order valence-corrected chi connectivity index (χ4v) is 0. The summed E-state index contributed by atoms with van der Waals surface area (Å²) in [6, 6.07) is 0. The van der Waals surface area contributed by atoms with Crippen LogP contribution in [0.2, 0.25) is 0 Å². The van der Waals surface area contributed by atoms with Gasteiger partial charge >= 0.3 is 35.8 Å². The Kier molecular flexibility index (Phi) is 38.1. The Bertz CT molecular complexity index is 282. The maximum absolute atomic E-state index is 9.10. The molecule has 0 saturated heterocycles. The molecule has 15 heteroatoms. The predicted octanol–water partition coefficient (Wildman–Crippen LogP) is -3.36. The molecule has 21 heavy (non-hydrogen) atoms. The van der Waals surface area contributed by atoms with Crippen molar-refractivity contribution >= 4 is 35.8 Å². The van der Waals surface area contributed by atoms with Crippen molar-refractivity contribution in [2.75, 3.05) is 0 Å². The van der Waals surface area contributed by atoms with E-state index in [0.717, 1.165) is 0 Å². The molecule has 0 aromatic carbocycles. The van der Waals surface area contributed by atoms with Gasteiger partial charge in [0.1, 0.15) is 0 Å². The van der Waals surface area contributed by atoms with Crippen LogP contribution in [-0.4, -0.2) is 71.9 Å². The van der Waals surface area contributed by atoms with E-state index in [1.165, 1.54) is 0 Å². The Morgan fingerprint density at radius 1 is 0.381 bits per heavy atom. The normalized spacial score (nSPS) is 6.29. The molecule has 13 nitrogen and oxygen atoms in total. The van der Waals surface area contributed by atoms with Crippen molar-refractivity contribution < 1.29 is 141 Å². The smallest absolute Gasteiger partial charge is 0.414 e. The number of carbonyl (C=O) groups is 6. The molecule has 0 aliphatic heterocycles. The van der Waals surface area contributed by atoms with Crippen LogP contribution >= 0.6 is 0 Å². The molecule has 130 valence electrons. The van der Waals surface area contributed by atoms with E-state index in [-0.39, 0.29) is 81.8 Å². The van der Waals surface area contributed by atoms with Crippen molar-refractivity contribution in [1.82, 2.24) is 0 Å². The number of carboxylic acid groups (broad SMARTS) is 6. The van der Waals surface area contributed by atoms with Crippen molar-refractivity contribution in [2.24, 2.45) is 0 Å². The van der Waals surface area contributed by atoms with Crippen LogP contribution in [0.5, 0.6) is 0 Å². The number of rotatable bonds is 0. The Labute approximate surface area is 175 Å². The zero-order chi connectivity index (χ0) is 15.5. The van der Waals surface area contributed by atoms with Crippen LogP contribution < -0.4 is 0 Å². The summed E-state index contributed by atoms with van der Waals surface area (Å²) in [5, 5.41) is 44.3. The van der Waals surface area contributed by atoms with Crippen LogP contribution in [0.25, 0.3) is 0 Å². The van der Waals surface area contributed by atoms with E-state index in [0.29, 0.717) is 0 Å². The second kappa shape index (κ2) is 21.6. The summed E-state index contributed by atoms with van der Waals surface area (Å²) < 4.78 is 0. The number of carboxylic acids is 6. The van der Waals surface area contributed by atoms with Crippen LogP contribution in [0.4, 0.5) is 0 Å². The van der Waals surface area contributed by atoms with E-state index in [1.807, 2.05) is 0 Å². The molecule has 8 N–H and O–H groups in total. The number of hydrogen-bond donors (Lipinski definition) is 6. The van der Waals surface area contributed by atoms with E-state index in [9.17, 15) is 0 Å². The minimum absolute atomic E-state index is 0. The van der Waals surface area contributed by atoms with Gasteiger partial charge in [-0.3, -0.25) is 0 Å². The maximum Gasteiger partial charge on any atom is 0.414 e. The third kappa shape index (κ3) is 45.2. The minimum atomic E-state index is -1.82. The first-order chi connectivity index (χ1) is 7.93. The summed E-state index contributed by atoms with van der Waals surface area (Å²) in [7, 11) is 0. The summed E-state index contributed by atoms with van der Waals surface area (Å²) in [5.41, 5.74) is 0. The average molecular weight is 613 g/mol. The molecule has 0 aliphatic carbocycles. The van der Waals surface area contributed by atoms with Gasteiger partial charge in [-0.15, -0.1) is 0 Å². The zero-order valence-corrected chi connectivity index (χ0v) is 13.3. The van der Waals surface area contributed by atoms with Crippen LogP contribution in [0.15, 0.2) is 0 Å². The molecule has 0 spiro atoms. The van der Waals surface area contributed by atoms with Crippen molar-refractivity contribution in [3.8, 4) is 0 Å². The number of hydrogen-bond acceptors (Lipinski definition) is 6. The Balaban J connectivity index is -0.0000000375. The van der Waals surface area contributed by atoms with E-state index in [1.54, 1.807) is 0 Å². The molecule has 0 radical (unpaired) electrons. The quantitative estimate of drug-likeness (QED) is 0.147. The van der Waals surface area contributed by atoms with Crippen LogP contribution in [0, 0.1) is 76.3 Å². The maximum atomic E-state index is 9.10. The first-order valence-electron chi connectivity index (χ1n) is 3.32. The van der Waals surface area contributed by atoms with E-state index in [4.69, 9.17) is 59.4 Å². The van der Waals surface area contributed by atoms with Crippen molar-refractivity contribution in [3.63, 3.8) is 0 Å². The van der Waals surface area contributed by atoms with Gasteiger partial charge < -0.3 is 36.1 Å². The largest absolute Gasteiger partial charge is 0.473 e. The van der Waals surface area contributed by atoms with E-state index < -0.39 is 35.8 Å². The van der Waals surface area contributed by atoms with Crippen molar-refractivity contribution in [3.05, 3.63) is 0 Å². The second-order valence-corrected chi connectivity index (χ2v) is 1.83. The third-order valence-corrected chi connectivity index (χ3v) is 0.549. The summed E-state index contributed by atoms with van der Waals surface area (Å²) in [6.45, 7) is 0. The van der Waals surface area contributed by atoms with Gasteiger partial charge in [0.2, 0.25) is 0 Å². The molecule has 0 aliphatic rings. The molecular weight excluding hydrogens is 605 g/mol. The topological polar surface area (TPSA) is 255 Å². The first kappa shape index (κ1) is 37.0. The molecule has 0 aromatic rings. The summed E-state index contributed by atoms with van der Waals surface area (Å²) in [5.74, 6) is -10.9. The fraction of sp³-hybridized carbons (Fsp3) is 0. The minimum Gasteiger partial charge on any atom is -0.473 e. The standard InChI is InChI=1S/3C2H2O4.2Dy.H2O/c3*3-1(4)2(5)6;;;/h3*(H,3,4)(H,5,6);;;1H2. The van der Waals surface area contributed by atoms with Crippen molar-refractivity contribution in [1.29, 1.82) is 0 Å². The number of aliphatic carboxylic acids is 6. The first-order valence-corrected chi connectivity index (χ1v) is 3.32. The summed E-state index contributed by atoms with van der Waals surface area (Å²) in [4.78, 5) is 54.6. The molecule has 0 saturated carbocycles. The second-order valence-electron chi connectivity index (χ2n) is 1.83. The molecule has 0 aromatic heterocycles. The molecule has 0 rings (SSSR count). The average Bonchev–Trinajstić information content (AvgIpc) is 2.18. The van der Waals surface area contributed by atoms with E-state index in [2.05, 4.69) is 0 Å². The van der Waals surface area contributed by atoms with Crippen LogP contribution in [0.3, 0.4) is 0 Å². The Morgan fingerprint density at radius 2 is 0.429 bits per heavy atom. The SMILES string of the molecule is O.O=C(O)C(=O)O.O=C(O)C(=O)O.O=C(O)C(=O)O.[Dy].[Dy]. The van der Waals surface area contributed by atoms with Crippen LogP contribution in [0.1, 0.15) is 0 Å². The van der Waals surface area contributed by atoms with Crippen molar-refractivity contribution in [2.45, 2.75) is 0 Å².